The van der Waals surface area contributed by atoms with Crippen LogP contribution >= 0.6 is 0 Å². The van der Waals surface area contributed by atoms with Crippen LogP contribution in [0.4, 0.5) is 5.69 Å². The molecule has 3 aromatic rings. The number of anilines is 1. The van der Waals surface area contributed by atoms with Crippen molar-refractivity contribution in [1.82, 2.24) is 10.2 Å². The molecule has 0 aromatic heterocycles. The summed E-state index contributed by atoms with van der Waals surface area (Å²) in [5.41, 5.74) is 0.866. The molecule has 0 spiro atoms. The second-order valence-corrected chi connectivity index (χ2v) is 12.2. The Morgan fingerprint density at radius 2 is 1.44 bits per heavy atom. The number of sulfonamides is 1. The van der Waals surface area contributed by atoms with Gasteiger partial charge >= 0.3 is 0 Å². The van der Waals surface area contributed by atoms with Crippen molar-refractivity contribution < 1.29 is 37.0 Å². The molecule has 0 aliphatic rings. The zero-order chi connectivity index (χ0) is 33.1. The van der Waals surface area contributed by atoms with Crippen LogP contribution in [0.3, 0.4) is 0 Å². The molecule has 0 bridgehead atoms. The van der Waals surface area contributed by atoms with Gasteiger partial charge in [-0.15, -0.1) is 0 Å². The summed E-state index contributed by atoms with van der Waals surface area (Å²) in [5.74, 6) is 0.185. The molecule has 3 rings (SSSR count). The molecule has 0 saturated carbocycles. The normalized spacial score (nSPS) is 12.4. The molecule has 0 fully saturated rings. The van der Waals surface area contributed by atoms with E-state index >= 15 is 0 Å². The first-order chi connectivity index (χ1) is 21.5. The van der Waals surface area contributed by atoms with Gasteiger partial charge in [-0.3, -0.25) is 13.9 Å². The molecule has 2 amide bonds. The Labute approximate surface area is 266 Å². The monoisotopic (exact) mass is 641 g/mol. The van der Waals surface area contributed by atoms with Crippen molar-refractivity contribution in [1.29, 1.82) is 0 Å². The van der Waals surface area contributed by atoms with Crippen LogP contribution in [0.5, 0.6) is 23.0 Å². The summed E-state index contributed by atoms with van der Waals surface area (Å²) in [6, 6.07) is 17.1. The van der Waals surface area contributed by atoms with Crippen molar-refractivity contribution >= 4 is 27.5 Å². The average Bonchev–Trinajstić information content (AvgIpc) is 3.06. The average molecular weight is 642 g/mol. The van der Waals surface area contributed by atoms with Crippen LogP contribution in [0.1, 0.15) is 39.2 Å². The molecular weight excluding hydrogens is 598 g/mol. The zero-order valence-corrected chi connectivity index (χ0v) is 27.7. The van der Waals surface area contributed by atoms with Crippen LogP contribution in [0.2, 0.25) is 0 Å². The number of nitrogens with zero attached hydrogens (tertiary/aromatic N) is 2. The predicted octanol–water partition coefficient (Wildman–Crippen LogP) is 4.64. The Morgan fingerprint density at radius 3 is 2.02 bits per heavy atom. The highest BCUT2D eigenvalue weighted by atomic mass is 32.2. The lowest BCUT2D eigenvalue weighted by molar-refractivity contribution is -0.140. The zero-order valence-electron chi connectivity index (χ0n) is 26.9. The van der Waals surface area contributed by atoms with Crippen molar-refractivity contribution in [3.8, 4) is 23.0 Å². The number of ether oxygens (including phenoxy) is 4. The number of rotatable bonds is 16. The molecule has 11 nitrogen and oxygen atoms in total. The molecule has 0 heterocycles. The van der Waals surface area contributed by atoms with E-state index in [0.29, 0.717) is 24.3 Å². The molecule has 45 heavy (non-hydrogen) atoms. The van der Waals surface area contributed by atoms with E-state index in [2.05, 4.69) is 5.32 Å². The third-order valence-corrected chi connectivity index (χ3v) is 9.21. The number of amides is 2. The van der Waals surface area contributed by atoms with E-state index in [0.717, 1.165) is 9.87 Å². The Balaban J connectivity index is 2.18. The first-order valence-electron chi connectivity index (χ1n) is 14.6. The molecule has 1 N–H and O–H groups in total. The fourth-order valence-corrected chi connectivity index (χ4v) is 6.18. The Hall–Kier alpha value is -4.45. The van der Waals surface area contributed by atoms with E-state index in [-0.39, 0.29) is 40.6 Å². The summed E-state index contributed by atoms with van der Waals surface area (Å²) in [6.07, 6.45) is 1.02. The summed E-state index contributed by atoms with van der Waals surface area (Å²) in [6.45, 7) is 5.11. The molecule has 244 valence electrons. The van der Waals surface area contributed by atoms with Gasteiger partial charge < -0.3 is 29.2 Å². The molecular formula is C33H43N3O8S. The first-order valence-corrected chi connectivity index (χ1v) is 16.1. The minimum absolute atomic E-state index is 0.0803. The smallest absolute Gasteiger partial charge is 0.265 e. The molecule has 3 aromatic carbocycles. The fourth-order valence-electron chi connectivity index (χ4n) is 4.75. The number of hydrogen-bond donors (Lipinski definition) is 1. The molecule has 0 aliphatic carbocycles. The number of hydrogen-bond acceptors (Lipinski definition) is 8. The SMILES string of the molecule is CCC(C)NC(=O)C(CC)N(Cc1ccccc1)C(=O)CN(c1cc(OC)ccc1OC)S(=O)(=O)c1ccc(OC)c(OC)c1. The van der Waals surface area contributed by atoms with Crippen LogP contribution in [0.15, 0.2) is 71.6 Å². The van der Waals surface area contributed by atoms with Crippen molar-refractivity contribution in [3.63, 3.8) is 0 Å². The Bertz CT molecular complexity index is 1550. The molecule has 0 radical (unpaired) electrons. The van der Waals surface area contributed by atoms with Gasteiger partial charge in [0.1, 0.15) is 24.1 Å². The predicted molar refractivity (Wildman–Crippen MR) is 173 cm³/mol. The van der Waals surface area contributed by atoms with E-state index in [1.807, 2.05) is 51.1 Å². The maximum absolute atomic E-state index is 14.4. The van der Waals surface area contributed by atoms with Gasteiger partial charge in [-0.1, -0.05) is 44.2 Å². The second-order valence-electron chi connectivity index (χ2n) is 10.3. The van der Waals surface area contributed by atoms with Crippen molar-refractivity contribution in [2.75, 3.05) is 39.3 Å². The van der Waals surface area contributed by atoms with Gasteiger partial charge in [-0.05, 0) is 49.6 Å². The summed E-state index contributed by atoms with van der Waals surface area (Å²) in [7, 11) is 1.27. The highest BCUT2D eigenvalue weighted by molar-refractivity contribution is 7.92. The number of benzene rings is 3. The molecule has 0 saturated heterocycles. The number of nitrogens with one attached hydrogen (secondary N) is 1. The molecule has 2 atom stereocenters. The highest BCUT2D eigenvalue weighted by Crippen LogP contribution is 2.38. The van der Waals surface area contributed by atoms with E-state index in [4.69, 9.17) is 18.9 Å². The topological polar surface area (TPSA) is 124 Å². The van der Waals surface area contributed by atoms with E-state index in [1.54, 1.807) is 12.1 Å². The van der Waals surface area contributed by atoms with Crippen LogP contribution in [-0.2, 0) is 26.2 Å². The van der Waals surface area contributed by atoms with Gasteiger partial charge in [-0.2, -0.15) is 0 Å². The number of carbonyl (C=O) groups is 2. The lowest BCUT2D eigenvalue weighted by atomic mass is 10.1. The lowest BCUT2D eigenvalue weighted by Crippen LogP contribution is -2.53. The molecule has 2 unspecified atom stereocenters. The minimum Gasteiger partial charge on any atom is -0.497 e. The minimum atomic E-state index is -4.43. The number of carbonyl (C=O) groups excluding carboxylic acids is 2. The quantitative estimate of drug-likeness (QED) is 0.240. The van der Waals surface area contributed by atoms with E-state index < -0.39 is 28.5 Å². The van der Waals surface area contributed by atoms with Crippen LogP contribution < -0.4 is 28.6 Å². The highest BCUT2D eigenvalue weighted by Gasteiger charge is 2.35. The largest absolute Gasteiger partial charge is 0.497 e. The Kier molecular flexibility index (Phi) is 12.5. The first kappa shape index (κ1) is 35.0. The van der Waals surface area contributed by atoms with Crippen LogP contribution in [0, 0.1) is 0 Å². The fraction of sp³-hybridized carbons (Fsp3) is 0.394. The number of methoxy groups -OCH3 is 4. The van der Waals surface area contributed by atoms with Gasteiger partial charge in [0.2, 0.25) is 11.8 Å². The van der Waals surface area contributed by atoms with Crippen LogP contribution in [0.25, 0.3) is 0 Å². The van der Waals surface area contributed by atoms with Crippen molar-refractivity contribution in [3.05, 3.63) is 72.3 Å². The van der Waals surface area contributed by atoms with Gasteiger partial charge in [0.25, 0.3) is 10.0 Å². The standard InChI is InChI=1S/C33H43N3O8S/c1-8-23(3)34-33(38)27(9-2)35(21-24-13-11-10-12-14-24)32(37)22-36(28-19-25(41-4)15-17-29(28)42-5)45(39,40)26-16-18-30(43-6)31(20-26)44-7/h10-20,23,27H,8-9,21-22H2,1-7H3,(H,34,38). The van der Waals surface area contributed by atoms with Crippen molar-refractivity contribution in [2.24, 2.45) is 0 Å². The van der Waals surface area contributed by atoms with Gasteiger partial charge in [0, 0.05) is 24.7 Å². The van der Waals surface area contributed by atoms with Crippen molar-refractivity contribution in [2.45, 2.75) is 57.1 Å². The molecule has 0 aliphatic heterocycles. The van der Waals surface area contributed by atoms with Gasteiger partial charge in [-0.25, -0.2) is 8.42 Å². The summed E-state index contributed by atoms with van der Waals surface area (Å²) in [5, 5.41) is 2.97. The third-order valence-electron chi connectivity index (χ3n) is 7.46. The third kappa shape index (κ3) is 8.39. The maximum atomic E-state index is 14.4. The summed E-state index contributed by atoms with van der Waals surface area (Å²) < 4.78 is 51.4. The molecule has 12 heteroatoms. The Morgan fingerprint density at radius 1 is 0.800 bits per heavy atom. The van der Waals surface area contributed by atoms with Crippen LogP contribution in [-0.4, -0.2) is 72.2 Å². The summed E-state index contributed by atoms with van der Waals surface area (Å²) in [4.78, 5) is 29.1. The van der Waals surface area contributed by atoms with E-state index in [1.165, 1.54) is 57.6 Å². The second kappa shape index (κ2) is 16.0. The van der Waals surface area contributed by atoms with Gasteiger partial charge in [0.15, 0.2) is 11.5 Å². The lowest BCUT2D eigenvalue weighted by Gasteiger charge is -2.34. The van der Waals surface area contributed by atoms with Gasteiger partial charge in [0.05, 0.1) is 39.0 Å². The summed E-state index contributed by atoms with van der Waals surface area (Å²) >= 11 is 0. The maximum Gasteiger partial charge on any atom is 0.265 e. The van der Waals surface area contributed by atoms with E-state index in [9.17, 15) is 18.0 Å².